The maximum atomic E-state index is 14.5. The number of nitrogens with two attached hydrogens (primary N) is 1. The van der Waals surface area contributed by atoms with Crippen LogP contribution in [0.1, 0.15) is 122 Å². The van der Waals surface area contributed by atoms with E-state index in [4.69, 9.17) is 45.9 Å². The summed E-state index contributed by atoms with van der Waals surface area (Å²) in [5.74, 6) is -6.05. The van der Waals surface area contributed by atoms with Gasteiger partial charge in [-0.15, -0.1) is 5.06 Å². The molecule has 0 saturated carbocycles. The Morgan fingerprint density at radius 2 is 1.67 bits per heavy atom. The number of hydrogen-bond donors (Lipinski definition) is 7. The second kappa shape index (κ2) is 30.5. The van der Waals surface area contributed by atoms with Crippen LogP contribution in [0.5, 0.6) is 5.75 Å². The number of alkyl carbamates (subject to hydrolysis) is 1. The lowest BCUT2D eigenvalue weighted by molar-refractivity contribution is -0.197. The van der Waals surface area contributed by atoms with Crippen LogP contribution in [-0.4, -0.2) is 176 Å². The van der Waals surface area contributed by atoms with Crippen molar-refractivity contribution in [2.45, 2.75) is 166 Å². The van der Waals surface area contributed by atoms with E-state index in [-0.39, 0.29) is 87.2 Å². The van der Waals surface area contributed by atoms with E-state index < -0.39 is 131 Å². The Morgan fingerprint density at radius 3 is 2.30 bits per heavy atom. The number of fused-ring (bicyclic) bond motifs is 5. The molecule has 27 nitrogen and oxygen atoms in total. The maximum absolute atomic E-state index is 14.5. The van der Waals surface area contributed by atoms with Gasteiger partial charge in [0.2, 0.25) is 17.7 Å². The fraction of sp³-hybridized carbons (Fsp3) is 0.557. The molecule has 3 saturated heterocycles. The van der Waals surface area contributed by atoms with E-state index in [1.165, 1.54) is 64.4 Å². The third kappa shape index (κ3) is 17.7. The molecule has 0 aliphatic carbocycles. The zero-order valence-corrected chi connectivity index (χ0v) is 52.5. The number of aliphatic hydroxyl groups is 1. The Balaban J connectivity index is 1.14. The van der Waals surface area contributed by atoms with E-state index in [2.05, 4.69) is 26.6 Å². The Morgan fingerprint density at radius 1 is 1.00 bits per heavy atom. The SMILES string of the molecule is COc1cc2cc(c1Cl)N(C)C(=O)C[C@H](OC(=O)[C@H](C)N(C)C(=O)c1ccc(NC(=O)[C@H](CCCNC(N)=O)NC[C@](C=O)(NC(=O)CCCCC(=O)ON3C(=O)CCC3=O)C(C)C)cc1)[C@]1(C)O[C@H]1[C@H](C)[C@@H]1C[C@@](O)(NC(=O)O1)[C@H](OC)/C=C/C=C(\C)C2. The number of esters is 1. The van der Waals surface area contributed by atoms with Gasteiger partial charge in [0.15, 0.2) is 5.72 Å². The lowest BCUT2D eigenvalue weighted by Gasteiger charge is -2.42. The summed E-state index contributed by atoms with van der Waals surface area (Å²) in [5, 5.41) is 26.1. The van der Waals surface area contributed by atoms with Crippen LogP contribution in [0.3, 0.4) is 0 Å². The molecule has 3 fully saturated rings. The number of nitrogens with one attached hydrogen (secondary N) is 5. The number of aldehydes is 1. The van der Waals surface area contributed by atoms with Crippen molar-refractivity contribution in [1.29, 1.82) is 0 Å². The first kappa shape index (κ1) is 70.1. The molecule has 0 aromatic heterocycles. The molecular weight excluding hydrogens is 1180 g/mol. The number of methoxy groups -OCH3 is 2. The number of amides is 9. The number of nitrogens with zero attached hydrogens (tertiary/aromatic N) is 3. The zero-order valence-electron chi connectivity index (χ0n) is 51.8. The highest BCUT2D eigenvalue weighted by Crippen LogP contribution is 2.49. The number of hydrogen-bond acceptors (Lipinski definition) is 19. The molecule has 4 aliphatic heterocycles. The van der Waals surface area contributed by atoms with Gasteiger partial charge in [-0.2, -0.15) is 0 Å². The number of anilines is 2. The fourth-order valence-electron chi connectivity index (χ4n) is 10.7. The summed E-state index contributed by atoms with van der Waals surface area (Å²) in [7, 11) is 5.75. The van der Waals surface area contributed by atoms with E-state index in [1.807, 2.05) is 13.0 Å². The topological polar surface area (TPSA) is 363 Å². The first-order chi connectivity index (χ1) is 42.0. The van der Waals surface area contributed by atoms with Crippen molar-refractivity contribution in [2.24, 2.45) is 17.6 Å². The van der Waals surface area contributed by atoms with Crippen LogP contribution in [0.4, 0.5) is 21.0 Å². The minimum absolute atomic E-state index is 0.0541. The highest BCUT2D eigenvalue weighted by atomic mass is 35.5. The normalized spacial score (nSPS) is 25.1. The molecule has 28 heteroatoms. The summed E-state index contributed by atoms with van der Waals surface area (Å²) >= 11 is 6.85. The molecule has 4 heterocycles. The van der Waals surface area contributed by atoms with Crippen molar-refractivity contribution in [3.8, 4) is 5.75 Å². The van der Waals surface area contributed by atoms with Crippen molar-refractivity contribution in [3.05, 3.63) is 76.3 Å². The average Bonchev–Trinajstić information content (AvgIpc) is 1.60. The number of carbonyl (C=O) groups is 11. The van der Waals surface area contributed by atoms with E-state index in [9.17, 15) is 57.8 Å². The second-order valence-corrected chi connectivity index (χ2v) is 23.7. The number of epoxide rings is 1. The number of unbranched alkanes of at least 4 members (excludes halogenated alkanes) is 1. The van der Waals surface area contributed by atoms with Gasteiger partial charge in [-0.3, -0.25) is 34.1 Å². The van der Waals surface area contributed by atoms with E-state index in [0.29, 0.717) is 29.2 Å². The van der Waals surface area contributed by atoms with Crippen LogP contribution in [0.2, 0.25) is 5.02 Å². The Hall–Kier alpha value is -7.98. The van der Waals surface area contributed by atoms with Gasteiger partial charge >= 0.3 is 24.1 Å². The monoisotopic (exact) mass is 1260 g/mol. The second-order valence-electron chi connectivity index (χ2n) is 23.4. The maximum Gasteiger partial charge on any atom is 0.409 e. The molecule has 2 aromatic carbocycles. The molecule has 0 radical (unpaired) electrons. The number of hydroxylamine groups is 2. The lowest BCUT2D eigenvalue weighted by atomic mass is 9.83. The largest absolute Gasteiger partial charge is 0.495 e. The molecule has 6 rings (SSSR count). The highest BCUT2D eigenvalue weighted by molar-refractivity contribution is 6.35. The number of likely N-dealkylation sites (N-methyl/N-ethyl adjacent to an activating group) is 1. The molecule has 4 bridgehead atoms. The van der Waals surface area contributed by atoms with Crippen LogP contribution in [0.25, 0.3) is 0 Å². The number of halogens is 1. The number of carbonyl (C=O) groups excluding carboxylic acids is 11. The van der Waals surface area contributed by atoms with Crippen molar-refractivity contribution < 1.29 is 86.4 Å². The molecule has 486 valence electrons. The number of ether oxygens (including phenoxy) is 5. The summed E-state index contributed by atoms with van der Waals surface area (Å²) in [5.41, 5.74) is 2.72. The van der Waals surface area contributed by atoms with Gasteiger partial charge in [-0.25, -0.2) is 19.2 Å². The molecule has 0 unspecified atom stereocenters. The summed E-state index contributed by atoms with van der Waals surface area (Å²) in [6, 6.07) is 6.21. The van der Waals surface area contributed by atoms with Crippen LogP contribution < -0.4 is 42.0 Å². The number of rotatable bonds is 24. The Kier molecular flexibility index (Phi) is 24.0. The predicted octanol–water partition coefficient (Wildman–Crippen LogP) is 4.05. The van der Waals surface area contributed by atoms with Gasteiger partial charge in [0.05, 0.1) is 31.4 Å². The molecule has 10 atom stereocenters. The van der Waals surface area contributed by atoms with E-state index >= 15 is 0 Å². The van der Waals surface area contributed by atoms with Crippen LogP contribution in [-0.2, 0) is 68.6 Å². The van der Waals surface area contributed by atoms with Crippen LogP contribution in [0.15, 0.2) is 60.2 Å². The third-order valence-corrected chi connectivity index (χ3v) is 17.0. The van der Waals surface area contributed by atoms with Gasteiger partial charge in [0.25, 0.3) is 17.7 Å². The van der Waals surface area contributed by atoms with Crippen LogP contribution in [0, 0.1) is 11.8 Å². The summed E-state index contributed by atoms with van der Waals surface area (Å²) in [6.45, 7) is 10.0. The van der Waals surface area contributed by atoms with E-state index in [0.717, 1.165) is 16.0 Å². The fourth-order valence-corrected chi connectivity index (χ4v) is 11.0. The minimum Gasteiger partial charge on any atom is -0.495 e. The summed E-state index contributed by atoms with van der Waals surface area (Å²) < 4.78 is 29.5. The van der Waals surface area contributed by atoms with Gasteiger partial charge in [0, 0.05) is 83.6 Å². The first-order valence-corrected chi connectivity index (χ1v) is 29.8. The molecule has 9 amide bonds. The Bertz CT molecular complexity index is 3050. The number of allylic oxidation sites excluding steroid dienone is 3. The predicted molar refractivity (Wildman–Crippen MR) is 321 cm³/mol. The molecule has 89 heavy (non-hydrogen) atoms. The van der Waals surface area contributed by atoms with Crippen molar-refractivity contribution >= 4 is 88.8 Å². The average molecular weight is 1260 g/mol. The zero-order chi connectivity index (χ0) is 65.7. The highest BCUT2D eigenvalue weighted by Gasteiger charge is 2.64. The standard InChI is InChI=1S/C61H82ClN9O18/c1-34(2)60(33-72,67-47(73)18-11-12-19-51(77)89-71-48(74)24-25-49(71)75)32-65-41(16-14-26-64-57(63)81)54(78)66-40-22-20-39(21-23-40)55(79)69(7)37(5)56(80)87-46-30-50(76)70(8)42-28-38(29-43(84-9)52(42)62)27-35(3)15-13-17-45(85-10)61(83)31-44(86-58(82)68-61)36(4)53-59(46,6)88-53/h13,15,17,20-23,28-29,33-34,36-37,41,44-46,53,65,83H,11-12,14,16,18-19,24-27,30-32H2,1-10H3,(H,66,78)(H,67,73)(H,68,82)(H3,63,64,81)/b17-13+,35-15+/t36-,37+,41+,44+,45-,46+,53+,59+,60-,61+/m1/s1. The number of benzene rings is 2. The first-order valence-electron chi connectivity index (χ1n) is 29.4. The van der Waals surface area contributed by atoms with Crippen LogP contribution >= 0.6 is 11.6 Å². The van der Waals surface area contributed by atoms with Gasteiger partial charge in [0.1, 0.15) is 52.6 Å². The molecule has 0 spiro atoms. The molecule has 2 aromatic rings. The van der Waals surface area contributed by atoms with Crippen molar-refractivity contribution in [3.63, 3.8) is 0 Å². The smallest absolute Gasteiger partial charge is 0.409 e. The van der Waals surface area contributed by atoms with Crippen molar-refractivity contribution in [1.82, 2.24) is 31.2 Å². The lowest BCUT2D eigenvalue weighted by Crippen LogP contribution is -2.63. The third-order valence-electron chi connectivity index (χ3n) is 16.6. The van der Waals surface area contributed by atoms with E-state index in [1.54, 1.807) is 52.0 Å². The quantitative estimate of drug-likeness (QED) is 0.0256. The van der Waals surface area contributed by atoms with Crippen molar-refractivity contribution in [2.75, 3.05) is 51.6 Å². The van der Waals surface area contributed by atoms with Gasteiger partial charge in [-0.1, -0.05) is 56.2 Å². The number of imide groups is 1. The molecular formula is C61H82ClN9O18. The molecule has 8 N–H and O–H groups in total. The summed E-state index contributed by atoms with van der Waals surface area (Å²) in [6.07, 6.45) is 0.883. The molecule has 4 aliphatic rings. The summed E-state index contributed by atoms with van der Waals surface area (Å²) in [4.78, 5) is 151. The Labute approximate surface area is 521 Å². The minimum atomic E-state index is -1.92. The number of urea groups is 1. The number of primary amides is 1. The van der Waals surface area contributed by atoms with Gasteiger partial charge < -0.3 is 75.2 Å². The van der Waals surface area contributed by atoms with Gasteiger partial charge in [-0.05, 0) is 101 Å².